The van der Waals surface area contributed by atoms with Crippen LogP contribution in [0, 0.1) is 10.8 Å². The number of amidine groups is 1. The molecule has 1 aliphatic heterocycles. The van der Waals surface area contributed by atoms with Crippen LogP contribution < -0.4 is 15.4 Å². The summed E-state index contributed by atoms with van der Waals surface area (Å²) in [7, 11) is 1.50. The van der Waals surface area contributed by atoms with Gasteiger partial charge in [-0.1, -0.05) is 0 Å². The molecule has 3 N–H and O–H groups in total. The van der Waals surface area contributed by atoms with Crippen molar-refractivity contribution >= 4 is 17.9 Å². The summed E-state index contributed by atoms with van der Waals surface area (Å²) in [6.45, 7) is 12.8. The molecule has 0 bridgehead atoms. The van der Waals surface area contributed by atoms with Gasteiger partial charge in [-0.25, -0.2) is 9.59 Å². The fourth-order valence-corrected chi connectivity index (χ4v) is 5.42. The Morgan fingerprint density at radius 1 is 1.00 bits per heavy atom. The maximum Gasteiger partial charge on any atom is 0.407 e. The van der Waals surface area contributed by atoms with Crippen LogP contribution in [0.2, 0.25) is 0 Å². The van der Waals surface area contributed by atoms with Gasteiger partial charge in [-0.2, -0.15) is 0 Å². The normalized spacial score (nSPS) is 27.6. The Kier molecular flexibility index (Phi) is 7.23. The highest BCUT2D eigenvalue weighted by atomic mass is 16.6. The SMILES string of the molecule is CO[C@](C)(C(=O)OC(C)(C)C)[C@H]1CCc2cc(C(=N)NC3CC4(C3)C[C@@H]4NC(=O)OC(C)(C)C)ccc2O1. The quantitative estimate of drug-likeness (QED) is 0.282. The predicted molar refractivity (Wildman–Crippen MR) is 144 cm³/mol. The first-order chi connectivity index (χ1) is 17.5. The minimum atomic E-state index is -1.23. The summed E-state index contributed by atoms with van der Waals surface area (Å²) in [4.78, 5) is 24.9. The molecule has 0 saturated heterocycles. The van der Waals surface area contributed by atoms with Gasteiger partial charge in [0.2, 0.25) is 0 Å². The van der Waals surface area contributed by atoms with Crippen LogP contribution in [-0.2, 0) is 25.4 Å². The fourth-order valence-electron chi connectivity index (χ4n) is 5.42. The molecule has 38 heavy (non-hydrogen) atoms. The molecule has 2 fully saturated rings. The van der Waals surface area contributed by atoms with Crippen LogP contribution in [0.1, 0.15) is 85.3 Å². The van der Waals surface area contributed by atoms with Crippen molar-refractivity contribution in [2.24, 2.45) is 5.41 Å². The molecule has 3 aliphatic rings. The molecular formula is C29H43N3O6. The Labute approximate surface area is 225 Å². The third-order valence-corrected chi connectivity index (χ3v) is 7.67. The van der Waals surface area contributed by atoms with Gasteiger partial charge in [0.25, 0.3) is 0 Å². The molecule has 210 valence electrons. The summed E-state index contributed by atoms with van der Waals surface area (Å²) < 4.78 is 22.8. The second-order valence-electron chi connectivity index (χ2n) is 13.2. The lowest BCUT2D eigenvalue weighted by Crippen LogP contribution is -2.54. The highest BCUT2D eigenvalue weighted by molar-refractivity contribution is 5.97. The van der Waals surface area contributed by atoms with Crippen LogP contribution in [0.4, 0.5) is 4.79 Å². The molecular weight excluding hydrogens is 486 g/mol. The lowest BCUT2D eigenvalue weighted by molar-refractivity contribution is -0.190. The molecule has 1 aromatic rings. The summed E-state index contributed by atoms with van der Waals surface area (Å²) in [5, 5.41) is 14.9. The zero-order valence-corrected chi connectivity index (χ0v) is 23.9. The minimum Gasteiger partial charge on any atom is -0.486 e. The van der Waals surface area contributed by atoms with E-state index in [0.29, 0.717) is 24.4 Å². The largest absolute Gasteiger partial charge is 0.486 e. The maximum absolute atomic E-state index is 12.9. The van der Waals surface area contributed by atoms with E-state index in [2.05, 4.69) is 10.6 Å². The van der Waals surface area contributed by atoms with Crippen molar-refractivity contribution in [3.8, 4) is 5.75 Å². The van der Waals surface area contributed by atoms with E-state index in [4.69, 9.17) is 24.4 Å². The standard InChI is InChI=1S/C29H43N3O6/c1-26(2,3)37-24(33)28(7,35-8)22-12-10-17-13-18(9-11-20(17)36-22)23(30)31-19-14-29(15-19)16-21(29)32-25(34)38-27(4,5)6/h9,11,13,19,21-22H,10,12,14-16H2,1-8H3,(H2,30,31)(H,32,34)/t19?,21-,22+,28-,29?/m0/s1. The number of ether oxygens (including phenoxy) is 4. The van der Waals surface area contributed by atoms with E-state index in [1.54, 1.807) is 6.92 Å². The number of nitrogens with one attached hydrogen (secondary N) is 3. The van der Waals surface area contributed by atoms with E-state index in [9.17, 15) is 9.59 Å². The number of carbonyl (C=O) groups excluding carboxylic acids is 2. The average molecular weight is 530 g/mol. The first-order valence-corrected chi connectivity index (χ1v) is 13.5. The number of aryl methyl sites for hydroxylation is 1. The average Bonchev–Trinajstić information content (AvgIpc) is 3.48. The number of alkyl carbamates (subject to hydrolysis) is 1. The Morgan fingerprint density at radius 3 is 2.26 bits per heavy atom. The van der Waals surface area contributed by atoms with Gasteiger partial charge in [0, 0.05) is 24.8 Å². The maximum atomic E-state index is 12.9. The first-order valence-electron chi connectivity index (χ1n) is 13.5. The molecule has 0 aromatic heterocycles. The highest BCUT2D eigenvalue weighted by Gasteiger charge is 2.62. The lowest BCUT2D eigenvalue weighted by Gasteiger charge is -2.39. The zero-order valence-electron chi connectivity index (χ0n) is 23.9. The van der Waals surface area contributed by atoms with Crippen LogP contribution in [0.3, 0.4) is 0 Å². The molecule has 9 nitrogen and oxygen atoms in total. The fraction of sp³-hybridized carbons (Fsp3) is 0.690. The lowest BCUT2D eigenvalue weighted by atomic mass is 9.76. The molecule has 0 radical (unpaired) electrons. The molecule has 2 saturated carbocycles. The smallest absolute Gasteiger partial charge is 0.407 e. The number of esters is 1. The summed E-state index contributed by atoms with van der Waals surface area (Å²) >= 11 is 0. The van der Waals surface area contributed by atoms with Gasteiger partial charge in [0.1, 0.15) is 28.9 Å². The van der Waals surface area contributed by atoms with Crippen LogP contribution in [0.25, 0.3) is 0 Å². The van der Waals surface area contributed by atoms with Crippen molar-refractivity contribution in [3.05, 3.63) is 29.3 Å². The van der Waals surface area contributed by atoms with Crippen molar-refractivity contribution in [2.45, 2.75) is 116 Å². The van der Waals surface area contributed by atoms with E-state index in [1.165, 1.54) is 7.11 Å². The minimum absolute atomic E-state index is 0.135. The summed E-state index contributed by atoms with van der Waals surface area (Å²) in [5.41, 5.74) is -0.421. The number of hydrogen-bond donors (Lipinski definition) is 3. The van der Waals surface area contributed by atoms with E-state index >= 15 is 0 Å². The number of carbonyl (C=O) groups is 2. The summed E-state index contributed by atoms with van der Waals surface area (Å²) in [6, 6.07) is 6.07. The van der Waals surface area contributed by atoms with Gasteiger partial charge >= 0.3 is 12.1 Å². The Hall–Kier alpha value is -2.81. The third kappa shape index (κ3) is 6.08. The van der Waals surface area contributed by atoms with Crippen LogP contribution in [0.15, 0.2) is 18.2 Å². The Morgan fingerprint density at radius 2 is 1.66 bits per heavy atom. The number of fused-ring (bicyclic) bond motifs is 1. The number of benzene rings is 1. The van der Waals surface area contributed by atoms with Crippen molar-refractivity contribution < 1.29 is 28.5 Å². The monoisotopic (exact) mass is 529 g/mol. The Bertz CT molecular complexity index is 1100. The van der Waals surface area contributed by atoms with Gasteiger partial charge in [-0.3, -0.25) is 5.41 Å². The molecule has 2 aliphatic carbocycles. The summed E-state index contributed by atoms with van der Waals surface area (Å²) in [5.74, 6) is 0.629. The van der Waals surface area contributed by atoms with Gasteiger partial charge in [-0.05, 0) is 110 Å². The predicted octanol–water partition coefficient (Wildman–Crippen LogP) is 4.49. The van der Waals surface area contributed by atoms with Crippen molar-refractivity contribution in [1.82, 2.24) is 10.6 Å². The highest BCUT2D eigenvalue weighted by Crippen LogP contribution is 2.60. The molecule has 3 atom stereocenters. The first kappa shape index (κ1) is 28.2. The number of hydrogen-bond acceptors (Lipinski definition) is 7. The number of rotatable bonds is 6. The van der Waals surface area contributed by atoms with Gasteiger partial charge in [-0.15, -0.1) is 0 Å². The second kappa shape index (κ2) is 9.74. The van der Waals surface area contributed by atoms with Crippen LogP contribution >= 0.6 is 0 Å². The molecule has 1 spiro atoms. The molecule has 9 heteroatoms. The molecule has 1 amide bonds. The third-order valence-electron chi connectivity index (χ3n) is 7.67. The number of amides is 1. The van der Waals surface area contributed by atoms with Crippen LogP contribution in [-0.4, -0.2) is 60.0 Å². The van der Waals surface area contributed by atoms with E-state index in [0.717, 1.165) is 30.4 Å². The Balaban J connectivity index is 1.30. The molecule has 1 aromatic carbocycles. The van der Waals surface area contributed by atoms with Crippen molar-refractivity contribution in [1.29, 1.82) is 5.41 Å². The number of methoxy groups -OCH3 is 1. The molecule has 4 rings (SSSR count). The molecule has 0 unspecified atom stereocenters. The van der Waals surface area contributed by atoms with Gasteiger partial charge < -0.3 is 29.6 Å². The zero-order chi connectivity index (χ0) is 28.1. The van der Waals surface area contributed by atoms with Crippen molar-refractivity contribution in [3.63, 3.8) is 0 Å². The second-order valence-corrected chi connectivity index (χ2v) is 13.2. The molecule has 1 heterocycles. The van der Waals surface area contributed by atoms with Gasteiger partial charge in [0.05, 0.1) is 0 Å². The summed E-state index contributed by atoms with van der Waals surface area (Å²) in [6.07, 6.45) is 3.26. The van der Waals surface area contributed by atoms with E-state index in [-0.39, 0.29) is 23.6 Å². The van der Waals surface area contributed by atoms with E-state index in [1.807, 2.05) is 59.7 Å². The topological polar surface area (TPSA) is 119 Å². The van der Waals surface area contributed by atoms with Gasteiger partial charge in [0.15, 0.2) is 5.60 Å². The van der Waals surface area contributed by atoms with E-state index < -0.39 is 28.9 Å². The van der Waals surface area contributed by atoms with Crippen LogP contribution in [0.5, 0.6) is 5.75 Å². The van der Waals surface area contributed by atoms with Crippen molar-refractivity contribution in [2.75, 3.05) is 7.11 Å².